The van der Waals surface area contributed by atoms with Crippen LogP contribution in [0.15, 0.2) is 23.4 Å². The quantitative estimate of drug-likeness (QED) is 0.351. The molecule has 0 unspecified atom stereocenters. The number of hydrogen-bond acceptors (Lipinski definition) is 4. The molecule has 1 fully saturated rings. The monoisotopic (exact) mass is 297 g/mol. The first-order valence-corrected chi connectivity index (χ1v) is 7.04. The molecule has 6 heteroatoms. The van der Waals surface area contributed by atoms with Crippen LogP contribution in [-0.2, 0) is 6.54 Å². The third-order valence-electron chi connectivity index (χ3n) is 3.46. The van der Waals surface area contributed by atoms with Crippen LogP contribution in [0.3, 0.4) is 0 Å². The molecule has 0 atom stereocenters. The van der Waals surface area contributed by atoms with Gasteiger partial charge in [-0.1, -0.05) is 16.8 Å². The summed E-state index contributed by atoms with van der Waals surface area (Å²) in [5.74, 6) is 1.09. The second-order valence-electron chi connectivity index (χ2n) is 5.00. The van der Waals surface area contributed by atoms with Crippen LogP contribution in [0, 0.1) is 0 Å². The standard InChI is InChI=1S/C14H20ClN3O2/c1-20-13-5-2-11(15)8-10(13)9-18(12-3-4-12)7-6-14(16)17-19/h2,5,8,12,19H,3-4,6-7,9H2,1H3,(H2,16,17). The second-order valence-corrected chi connectivity index (χ2v) is 5.44. The number of halogens is 1. The van der Waals surface area contributed by atoms with Crippen molar-refractivity contribution in [3.05, 3.63) is 28.8 Å². The van der Waals surface area contributed by atoms with Gasteiger partial charge in [0.15, 0.2) is 0 Å². The minimum absolute atomic E-state index is 0.258. The highest BCUT2D eigenvalue weighted by Gasteiger charge is 2.29. The lowest BCUT2D eigenvalue weighted by atomic mass is 10.1. The normalized spacial score (nSPS) is 15.7. The van der Waals surface area contributed by atoms with E-state index in [0.717, 1.165) is 24.4 Å². The van der Waals surface area contributed by atoms with Crippen molar-refractivity contribution in [2.45, 2.75) is 31.8 Å². The third kappa shape index (κ3) is 4.02. The lowest BCUT2D eigenvalue weighted by molar-refractivity contribution is 0.255. The maximum absolute atomic E-state index is 8.62. The van der Waals surface area contributed by atoms with E-state index in [1.54, 1.807) is 7.11 Å². The molecule has 1 aromatic carbocycles. The smallest absolute Gasteiger partial charge is 0.140 e. The zero-order valence-electron chi connectivity index (χ0n) is 11.6. The van der Waals surface area contributed by atoms with E-state index in [0.29, 0.717) is 17.5 Å². The van der Waals surface area contributed by atoms with Crippen LogP contribution < -0.4 is 10.5 Å². The Bertz CT molecular complexity index is 489. The summed E-state index contributed by atoms with van der Waals surface area (Å²) in [6.45, 7) is 1.52. The summed E-state index contributed by atoms with van der Waals surface area (Å²) in [7, 11) is 1.66. The number of amidine groups is 1. The zero-order chi connectivity index (χ0) is 14.5. The molecule has 1 saturated carbocycles. The molecule has 20 heavy (non-hydrogen) atoms. The Hall–Kier alpha value is -1.46. The first-order chi connectivity index (χ1) is 9.63. The van der Waals surface area contributed by atoms with Crippen LogP contribution in [0.1, 0.15) is 24.8 Å². The van der Waals surface area contributed by atoms with Crippen molar-refractivity contribution in [1.29, 1.82) is 0 Å². The van der Waals surface area contributed by atoms with Crippen molar-refractivity contribution in [1.82, 2.24) is 4.90 Å². The van der Waals surface area contributed by atoms with Crippen LogP contribution in [0.4, 0.5) is 0 Å². The van der Waals surface area contributed by atoms with E-state index in [-0.39, 0.29) is 5.84 Å². The summed E-state index contributed by atoms with van der Waals surface area (Å²) >= 11 is 6.06. The molecule has 110 valence electrons. The van der Waals surface area contributed by atoms with E-state index in [4.69, 9.17) is 27.3 Å². The zero-order valence-corrected chi connectivity index (χ0v) is 12.3. The number of nitrogens with two attached hydrogens (primary N) is 1. The Morgan fingerprint density at radius 3 is 2.90 bits per heavy atom. The van der Waals surface area contributed by atoms with Gasteiger partial charge >= 0.3 is 0 Å². The SMILES string of the molecule is COc1ccc(Cl)cc1CN(CCC(N)=NO)C1CC1. The molecule has 3 N–H and O–H groups in total. The summed E-state index contributed by atoms with van der Waals surface area (Å²) in [4.78, 5) is 2.33. The van der Waals surface area contributed by atoms with Crippen LogP contribution >= 0.6 is 11.6 Å². The summed E-state index contributed by atoms with van der Waals surface area (Å²) in [6, 6.07) is 6.21. The number of rotatable bonds is 7. The molecular weight excluding hydrogens is 278 g/mol. The molecule has 0 amide bonds. The molecule has 0 bridgehead atoms. The van der Waals surface area contributed by atoms with Gasteiger partial charge in [0.2, 0.25) is 0 Å². The Kier molecular flexibility index (Phi) is 5.09. The number of ether oxygens (including phenoxy) is 1. The van der Waals surface area contributed by atoms with E-state index in [1.165, 1.54) is 12.8 Å². The van der Waals surface area contributed by atoms with Crippen molar-refractivity contribution >= 4 is 17.4 Å². The van der Waals surface area contributed by atoms with Gasteiger partial charge in [0.05, 0.1) is 7.11 Å². The van der Waals surface area contributed by atoms with E-state index in [1.807, 2.05) is 18.2 Å². The number of nitrogens with zero attached hydrogens (tertiary/aromatic N) is 2. The molecular formula is C14H20ClN3O2. The van der Waals surface area contributed by atoms with Crippen LogP contribution in [0.2, 0.25) is 5.02 Å². The first kappa shape index (κ1) is 14.9. The molecule has 1 aromatic rings. The van der Waals surface area contributed by atoms with Gasteiger partial charge in [-0.25, -0.2) is 0 Å². The second kappa shape index (κ2) is 6.81. The van der Waals surface area contributed by atoms with Crippen LogP contribution in [0.25, 0.3) is 0 Å². The summed E-state index contributed by atoms with van der Waals surface area (Å²) in [6.07, 6.45) is 2.94. The highest BCUT2D eigenvalue weighted by Crippen LogP contribution is 2.31. The van der Waals surface area contributed by atoms with Gasteiger partial charge in [-0.05, 0) is 31.0 Å². The maximum atomic E-state index is 8.62. The minimum atomic E-state index is 0.258. The van der Waals surface area contributed by atoms with E-state index in [2.05, 4.69) is 10.1 Å². The molecule has 0 aromatic heterocycles. The summed E-state index contributed by atoms with van der Waals surface area (Å²) < 4.78 is 5.37. The number of methoxy groups -OCH3 is 1. The van der Waals surface area contributed by atoms with Gasteiger partial charge < -0.3 is 15.7 Å². The number of hydrogen-bond donors (Lipinski definition) is 2. The van der Waals surface area contributed by atoms with Gasteiger partial charge in [-0.15, -0.1) is 0 Å². The van der Waals surface area contributed by atoms with Crippen molar-refractivity contribution in [2.24, 2.45) is 10.9 Å². The average molecular weight is 298 g/mol. The predicted molar refractivity (Wildman–Crippen MR) is 79.5 cm³/mol. The predicted octanol–water partition coefficient (Wildman–Crippen LogP) is 2.45. The molecule has 2 rings (SSSR count). The van der Waals surface area contributed by atoms with Crippen molar-refractivity contribution in [3.8, 4) is 5.75 Å². The minimum Gasteiger partial charge on any atom is -0.496 e. The first-order valence-electron chi connectivity index (χ1n) is 6.67. The number of benzene rings is 1. The molecule has 1 aliphatic carbocycles. The van der Waals surface area contributed by atoms with Crippen LogP contribution in [-0.4, -0.2) is 35.6 Å². The van der Waals surface area contributed by atoms with E-state index >= 15 is 0 Å². The highest BCUT2D eigenvalue weighted by molar-refractivity contribution is 6.30. The Morgan fingerprint density at radius 2 is 2.30 bits per heavy atom. The van der Waals surface area contributed by atoms with Gasteiger partial charge in [-0.2, -0.15) is 0 Å². The van der Waals surface area contributed by atoms with E-state index in [9.17, 15) is 0 Å². The maximum Gasteiger partial charge on any atom is 0.140 e. The molecule has 0 saturated heterocycles. The van der Waals surface area contributed by atoms with Crippen molar-refractivity contribution in [3.63, 3.8) is 0 Å². The van der Waals surface area contributed by atoms with Gasteiger partial charge in [0, 0.05) is 36.1 Å². The third-order valence-corrected chi connectivity index (χ3v) is 3.70. The van der Waals surface area contributed by atoms with Crippen molar-refractivity contribution in [2.75, 3.05) is 13.7 Å². The Labute approximate surface area is 124 Å². The lowest BCUT2D eigenvalue weighted by Gasteiger charge is -2.23. The number of oxime groups is 1. The molecule has 0 aliphatic heterocycles. The summed E-state index contributed by atoms with van der Waals surface area (Å²) in [5.41, 5.74) is 6.60. The van der Waals surface area contributed by atoms with Gasteiger partial charge in [0.25, 0.3) is 0 Å². The Morgan fingerprint density at radius 1 is 1.55 bits per heavy atom. The molecule has 1 aliphatic rings. The largest absolute Gasteiger partial charge is 0.496 e. The lowest BCUT2D eigenvalue weighted by Crippen LogP contribution is -2.30. The topological polar surface area (TPSA) is 71.1 Å². The average Bonchev–Trinajstić information content (AvgIpc) is 3.27. The molecule has 0 spiro atoms. The fourth-order valence-electron chi connectivity index (χ4n) is 2.23. The Balaban J connectivity index is 2.06. The van der Waals surface area contributed by atoms with Gasteiger partial charge in [-0.3, -0.25) is 4.90 Å². The van der Waals surface area contributed by atoms with Crippen molar-refractivity contribution < 1.29 is 9.94 Å². The molecule has 5 nitrogen and oxygen atoms in total. The fraction of sp³-hybridized carbons (Fsp3) is 0.500. The van der Waals surface area contributed by atoms with Crippen LogP contribution in [0.5, 0.6) is 5.75 Å². The molecule has 0 radical (unpaired) electrons. The van der Waals surface area contributed by atoms with Gasteiger partial charge in [0.1, 0.15) is 11.6 Å². The van der Waals surface area contributed by atoms with E-state index < -0.39 is 0 Å². The summed E-state index contributed by atoms with van der Waals surface area (Å²) in [5, 5.41) is 12.3. The molecule has 0 heterocycles. The fourth-order valence-corrected chi connectivity index (χ4v) is 2.42. The highest BCUT2D eigenvalue weighted by atomic mass is 35.5.